The molecule has 1 aliphatic rings. The van der Waals surface area contributed by atoms with Gasteiger partial charge in [0.25, 0.3) is 5.91 Å². The molecule has 0 saturated heterocycles. The lowest BCUT2D eigenvalue weighted by molar-refractivity contribution is -0.141. The van der Waals surface area contributed by atoms with Crippen molar-refractivity contribution in [1.82, 2.24) is 4.31 Å². The minimum Gasteiger partial charge on any atom is -0.481 e. The van der Waals surface area contributed by atoms with Gasteiger partial charge in [0, 0.05) is 19.3 Å². The van der Waals surface area contributed by atoms with Gasteiger partial charge in [0.15, 0.2) is 0 Å². The molecular weight excluding hydrogens is 579 g/mol. The van der Waals surface area contributed by atoms with Crippen molar-refractivity contribution < 1.29 is 32.6 Å². The number of nitrogens with zero attached hydrogens (tertiary/aromatic N) is 2. The van der Waals surface area contributed by atoms with Gasteiger partial charge in [-0.15, -0.1) is 0 Å². The van der Waals surface area contributed by atoms with Crippen molar-refractivity contribution >= 4 is 50.8 Å². The summed E-state index contributed by atoms with van der Waals surface area (Å²) in [6, 6.07) is 15.2. The summed E-state index contributed by atoms with van der Waals surface area (Å²) in [6.45, 7) is -0.399. The molecule has 3 aromatic carbocycles. The largest absolute Gasteiger partial charge is 0.481 e. The number of amides is 1. The van der Waals surface area contributed by atoms with E-state index < -0.39 is 34.5 Å². The molecule has 9 nitrogen and oxygen atoms in total. The number of anilines is 1. The monoisotopic (exact) mass is 602 g/mol. The highest BCUT2D eigenvalue weighted by molar-refractivity contribution is 7.89. The van der Waals surface area contributed by atoms with E-state index in [2.05, 4.69) is 11.8 Å². The Kier molecular flexibility index (Phi) is 9.35. The normalized spacial score (nSPS) is 15.4. The summed E-state index contributed by atoms with van der Waals surface area (Å²) in [5.74, 6) is 3.86. The zero-order chi connectivity index (χ0) is 28.9. The van der Waals surface area contributed by atoms with E-state index in [1.54, 1.807) is 30.3 Å². The first-order valence-electron chi connectivity index (χ1n) is 11.9. The van der Waals surface area contributed by atoms with Crippen LogP contribution >= 0.6 is 23.2 Å². The van der Waals surface area contributed by atoms with E-state index in [4.69, 9.17) is 32.7 Å². The molecule has 1 unspecified atom stereocenters. The average molecular weight is 603 g/mol. The number of methoxy groups -OCH3 is 1. The van der Waals surface area contributed by atoms with E-state index >= 15 is 0 Å². The Morgan fingerprint density at radius 3 is 2.40 bits per heavy atom. The highest BCUT2D eigenvalue weighted by atomic mass is 35.5. The van der Waals surface area contributed by atoms with Gasteiger partial charge < -0.3 is 19.5 Å². The van der Waals surface area contributed by atoms with Crippen LogP contribution in [-0.4, -0.2) is 62.6 Å². The first kappa shape index (κ1) is 29.4. The zero-order valence-electron chi connectivity index (χ0n) is 21.2. The third kappa shape index (κ3) is 6.25. The van der Waals surface area contributed by atoms with Gasteiger partial charge in [0.2, 0.25) is 10.0 Å². The van der Waals surface area contributed by atoms with Crippen LogP contribution in [0, 0.1) is 11.8 Å². The summed E-state index contributed by atoms with van der Waals surface area (Å²) < 4.78 is 38.8. The maximum absolute atomic E-state index is 13.8. The van der Waals surface area contributed by atoms with Gasteiger partial charge in [-0.2, -0.15) is 4.31 Å². The topological polar surface area (TPSA) is 113 Å². The fourth-order valence-corrected chi connectivity index (χ4v) is 6.08. The van der Waals surface area contributed by atoms with E-state index in [1.807, 2.05) is 0 Å². The fourth-order valence-electron chi connectivity index (χ4n) is 4.15. The Balaban J connectivity index is 1.69. The summed E-state index contributed by atoms with van der Waals surface area (Å²) in [5.41, 5.74) is 0.869. The number of hydrogen-bond acceptors (Lipinski definition) is 6. The second-order valence-corrected chi connectivity index (χ2v) is 11.3. The number of benzene rings is 3. The van der Waals surface area contributed by atoms with Crippen LogP contribution < -0.4 is 9.64 Å². The molecule has 0 bridgehead atoms. The highest BCUT2D eigenvalue weighted by Gasteiger charge is 2.42. The van der Waals surface area contributed by atoms with Gasteiger partial charge in [-0.05, 0) is 48.0 Å². The SMILES string of the molecule is COCC#CCOc1ccc(S(=O)(=O)N2Cc3ccccc3N(C(=O)c3cccc(Cl)c3Cl)CC2C(=O)O)cc1. The van der Waals surface area contributed by atoms with Crippen LogP contribution in [0.1, 0.15) is 15.9 Å². The molecule has 4 rings (SSSR count). The first-order chi connectivity index (χ1) is 19.1. The Morgan fingerprint density at radius 2 is 1.70 bits per heavy atom. The van der Waals surface area contributed by atoms with Gasteiger partial charge in [0.1, 0.15) is 25.0 Å². The van der Waals surface area contributed by atoms with Crippen molar-refractivity contribution in [3.05, 3.63) is 87.9 Å². The maximum Gasteiger partial charge on any atom is 0.323 e. The Labute approximate surface area is 241 Å². The van der Waals surface area contributed by atoms with Crippen LogP contribution in [0.5, 0.6) is 5.75 Å². The molecule has 3 aromatic rings. The Morgan fingerprint density at radius 1 is 1.00 bits per heavy atom. The van der Waals surface area contributed by atoms with E-state index in [1.165, 1.54) is 48.4 Å². The average Bonchev–Trinajstić information content (AvgIpc) is 3.12. The molecule has 0 radical (unpaired) electrons. The number of carboxylic acid groups (broad SMARTS) is 1. The standard InChI is InChI=1S/C28H24Cl2N2O7S/c1-38-15-4-5-16-39-20-11-13-21(14-12-20)40(36,37)32-17-19-7-2-3-10-24(19)31(18-25(32)28(34)35)27(33)22-8-6-9-23(29)26(22)30/h2-3,6-14,25H,15-18H2,1H3,(H,34,35). The zero-order valence-corrected chi connectivity index (χ0v) is 23.5. The summed E-state index contributed by atoms with van der Waals surface area (Å²) in [4.78, 5) is 27.2. The number of aliphatic carboxylic acids is 1. The van der Waals surface area contributed by atoms with Crippen molar-refractivity contribution in [2.45, 2.75) is 17.5 Å². The molecule has 0 saturated carbocycles. The van der Waals surface area contributed by atoms with Crippen LogP contribution in [0.2, 0.25) is 10.0 Å². The number of ether oxygens (including phenoxy) is 2. The quantitative estimate of drug-likeness (QED) is 0.400. The van der Waals surface area contributed by atoms with Gasteiger partial charge in [-0.25, -0.2) is 8.42 Å². The molecule has 1 amide bonds. The molecule has 1 aliphatic heterocycles. The lowest BCUT2D eigenvalue weighted by Gasteiger charge is -2.28. The number of carbonyl (C=O) groups is 2. The Bertz CT molecular complexity index is 1580. The minimum atomic E-state index is -4.33. The molecule has 0 spiro atoms. The lowest BCUT2D eigenvalue weighted by Crippen LogP contribution is -2.50. The van der Waals surface area contributed by atoms with E-state index in [0.29, 0.717) is 17.0 Å². The molecule has 40 heavy (non-hydrogen) atoms. The summed E-state index contributed by atoms with van der Waals surface area (Å²) in [7, 11) is -2.81. The van der Waals surface area contributed by atoms with Crippen LogP contribution in [0.4, 0.5) is 5.69 Å². The van der Waals surface area contributed by atoms with Crippen LogP contribution in [0.3, 0.4) is 0 Å². The first-order valence-corrected chi connectivity index (χ1v) is 14.1. The third-order valence-corrected chi connectivity index (χ3v) is 8.79. The van der Waals surface area contributed by atoms with Crippen LogP contribution in [0.15, 0.2) is 71.6 Å². The number of carboxylic acids is 1. The lowest BCUT2D eigenvalue weighted by atomic mass is 10.1. The Hall–Kier alpha value is -3.59. The van der Waals surface area contributed by atoms with Crippen LogP contribution in [-0.2, 0) is 26.1 Å². The number of rotatable bonds is 7. The summed E-state index contributed by atoms with van der Waals surface area (Å²) in [5, 5.41) is 10.3. The molecule has 12 heteroatoms. The molecule has 1 N–H and O–H groups in total. The van der Waals surface area contributed by atoms with E-state index in [-0.39, 0.29) is 40.3 Å². The van der Waals surface area contributed by atoms with E-state index in [9.17, 15) is 23.1 Å². The molecule has 208 valence electrons. The van der Waals surface area contributed by atoms with Gasteiger partial charge in [0.05, 0.1) is 27.0 Å². The van der Waals surface area contributed by atoms with Crippen molar-refractivity contribution in [2.75, 3.05) is 31.8 Å². The molecule has 0 aromatic heterocycles. The third-order valence-electron chi connectivity index (χ3n) is 6.11. The van der Waals surface area contributed by atoms with Crippen LogP contribution in [0.25, 0.3) is 0 Å². The fraction of sp³-hybridized carbons (Fsp3) is 0.214. The predicted octanol–water partition coefficient (Wildman–Crippen LogP) is 4.33. The number of sulfonamides is 1. The summed E-state index contributed by atoms with van der Waals surface area (Å²) >= 11 is 12.4. The van der Waals surface area contributed by atoms with Crippen molar-refractivity contribution in [3.63, 3.8) is 0 Å². The molecule has 0 fully saturated rings. The molecule has 1 atom stereocenters. The number of carbonyl (C=O) groups excluding carboxylic acids is 1. The number of para-hydroxylation sites is 1. The van der Waals surface area contributed by atoms with Gasteiger partial charge >= 0.3 is 5.97 Å². The number of halogens is 2. The smallest absolute Gasteiger partial charge is 0.323 e. The molecule has 1 heterocycles. The highest BCUT2D eigenvalue weighted by Crippen LogP contribution is 2.34. The van der Waals surface area contributed by atoms with Gasteiger partial charge in [-0.1, -0.05) is 59.3 Å². The van der Waals surface area contributed by atoms with Gasteiger partial charge in [-0.3, -0.25) is 9.59 Å². The number of hydrogen-bond donors (Lipinski definition) is 1. The molecule has 0 aliphatic carbocycles. The van der Waals surface area contributed by atoms with Crippen molar-refractivity contribution in [2.24, 2.45) is 0 Å². The predicted molar refractivity (Wildman–Crippen MR) is 150 cm³/mol. The van der Waals surface area contributed by atoms with Crippen molar-refractivity contribution in [3.8, 4) is 17.6 Å². The second kappa shape index (κ2) is 12.7. The minimum absolute atomic E-state index is 0.0132. The van der Waals surface area contributed by atoms with E-state index in [0.717, 1.165) is 4.31 Å². The summed E-state index contributed by atoms with van der Waals surface area (Å²) in [6.07, 6.45) is 0. The maximum atomic E-state index is 13.8. The molecular formula is C28H24Cl2N2O7S. The number of fused-ring (bicyclic) bond motifs is 1. The van der Waals surface area contributed by atoms with Crippen molar-refractivity contribution in [1.29, 1.82) is 0 Å². The second-order valence-electron chi connectivity index (χ2n) is 8.60.